The van der Waals surface area contributed by atoms with Crippen LogP contribution in [0.1, 0.15) is 16.1 Å². The molecule has 3 rings (SSSR count). The van der Waals surface area contributed by atoms with Gasteiger partial charge >= 0.3 is 0 Å². The number of hydrogen-bond acceptors (Lipinski definition) is 4. The zero-order valence-electron chi connectivity index (χ0n) is 11.8. The van der Waals surface area contributed by atoms with E-state index in [9.17, 15) is 9.18 Å². The molecule has 0 unspecified atom stereocenters. The summed E-state index contributed by atoms with van der Waals surface area (Å²) >= 11 is 0. The molecule has 110 valence electrons. The van der Waals surface area contributed by atoms with Crippen molar-refractivity contribution in [3.05, 3.63) is 47.5 Å². The number of aryl methyl sites for hydroxylation is 1. The van der Waals surface area contributed by atoms with Crippen molar-refractivity contribution < 1.29 is 13.7 Å². The number of carbonyl (C=O) groups excluding carboxylic acids is 1. The molecule has 6 heteroatoms. The Balaban J connectivity index is 1.66. The van der Waals surface area contributed by atoms with E-state index >= 15 is 0 Å². The molecular formula is C15H16FN3O2. The van der Waals surface area contributed by atoms with Crippen molar-refractivity contribution in [2.24, 2.45) is 0 Å². The van der Waals surface area contributed by atoms with Crippen molar-refractivity contribution in [3.63, 3.8) is 0 Å². The molecule has 0 radical (unpaired) electrons. The molecule has 1 aromatic heterocycles. The van der Waals surface area contributed by atoms with Gasteiger partial charge in [-0.2, -0.15) is 0 Å². The lowest BCUT2D eigenvalue weighted by Gasteiger charge is -2.34. The highest BCUT2D eigenvalue weighted by Gasteiger charge is 2.25. The molecule has 0 saturated carbocycles. The number of aromatic nitrogens is 1. The predicted molar refractivity (Wildman–Crippen MR) is 75.8 cm³/mol. The number of rotatable bonds is 2. The lowest BCUT2D eigenvalue weighted by Crippen LogP contribution is -2.49. The number of nitrogens with zero attached hydrogens (tertiary/aromatic N) is 3. The van der Waals surface area contributed by atoms with Gasteiger partial charge in [0.05, 0.1) is 5.56 Å². The smallest absolute Gasteiger partial charge is 0.256 e. The quantitative estimate of drug-likeness (QED) is 0.849. The molecule has 0 aliphatic carbocycles. The minimum Gasteiger partial charge on any atom is -0.360 e. The van der Waals surface area contributed by atoms with E-state index in [1.54, 1.807) is 17.0 Å². The molecule has 1 amide bonds. The van der Waals surface area contributed by atoms with Gasteiger partial charge in [-0.05, 0) is 19.1 Å². The molecule has 5 nitrogen and oxygen atoms in total. The molecule has 0 bridgehead atoms. The van der Waals surface area contributed by atoms with Gasteiger partial charge in [-0.25, -0.2) is 4.39 Å². The first kappa shape index (κ1) is 13.6. The third kappa shape index (κ3) is 2.74. The Morgan fingerprint density at radius 3 is 2.57 bits per heavy atom. The number of benzene rings is 1. The average molecular weight is 289 g/mol. The Labute approximate surface area is 121 Å². The fourth-order valence-corrected chi connectivity index (χ4v) is 2.45. The number of anilines is 1. The number of amides is 1. The van der Waals surface area contributed by atoms with E-state index in [-0.39, 0.29) is 11.5 Å². The Bertz CT molecular complexity index is 648. The van der Waals surface area contributed by atoms with E-state index in [0.717, 1.165) is 11.6 Å². The number of hydrogen-bond donors (Lipinski definition) is 0. The topological polar surface area (TPSA) is 49.6 Å². The van der Waals surface area contributed by atoms with Crippen molar-refractivity contribution >= 4 is 11.7 Å². The highest BCUT2D eigenvalue weighted by molar-refractivity contribution is 5.94. The van der Waals surface area contributed by atoms with E-state index in [1.807, 2.05) is 13.0 Å². The predicted octanol–water partition coefficient (Wildman–Crippen LogP) is 2.08. The molecule has 1 aliphatic heterocycles. The molecule has 1 aliphatic rings. The van der Waals surface area contributed by atoms with E-state index in [2.05, 4.69) is 10.1 Å². The van der Waals surface area contributed by atoms with Gasteiger partial charge in [-0.15, -0.1) is 0 Å². The molecule has 21 heavy (non-hydrogen) atoms. The first-order valence-electron chi connectivity index (χ1n) is 6.87. The summed E-state index contributed by atoms with van der Waals surface area (Å²) in [4.78, 5) is 16.0. The van der Waals surface area contributed by atoms with E-state index in [4.69, 9.17) is 4.52 Å². The highest BCUT2D eigenvalue weighted by Crippen LogP contribution is 2.17. The van der Waals surface area contributed by atoms with Crippen LogP contribution in [0.4, 0.5) is 10.2 Å². The lowest BCUT2D eigenvalue weighted by atomic mass is 10.1. The van der Waals surface area contributed by atoms with Crippen LogP contribution in [0.2, 0.25) is 0 Å². The van der Waals surface area contributed by atoms with Crippen LogP contribution >= 0.6 is 0 Å². The largest absolute Gasteiger partial charge is 0.360 e. The fourth-order valence-electron chi connectivity index (χ4n) is 2.45. The Morgan fingerprint density at radius 1 is 1.24 bits per heavy atom. The van der Waals surface area contributed by atoms with Gasteiger partial charge in [-0.3, -0.25) is 4.79 Å². The summed E-state index contributed by atoms with van der Waals surface area (Å²) in [5.74, 6) is 0.807. The summed E-state index contributed by atoms with van der Waals surface area (Å²) in [5, 5.41) is 3.97. The molecule has 1 aromatic carbocycles. The second-order valence-corrected chi connectivity index (χ2v) is 5.05. The summed E-state index contributed by atoms with van der Waals surface area (Å²) in [6, 6.07) is 7.95. The molecule has 2 heterocycles. The fraction of sp³-hybridized carbons (Fsp3) is 0.333. The van der Waals surface area contributed by atoms with Crippen LogP contribution in [0.15, 0.2) is 34.9 Å². The molecule has 1 saturated heterocycles. The van der Waals surface area contributed by atoms with Crippen LogP contribution < -0.4 is 4.90 Å². The van der Waals surface area contributed by atoms with Crippen molar-refractivity contribution in [2.45, 2.75) is 6.92 Å². The monoisotopic (exact) mass is 289 g/mol. The maximum absolute atomic E-state index is 13.7. The van der Waals surface area contributed by atoms with Crippen molar-refractivity contribution in [3.8, 4) is 0 Å². The molecule has 0 atom stereocenters. The van der Waals surface area contributed by atoms with Gasteiger partial charge in [0.25, 0.3) is 5.91 Å². The minimum absolute atomic E-state index is 0.128. The van der Waals surface area contributed by atoms with E-state index in [1.165, 1.54) is 12.1 Å². The first-order chi connectivity index (χ1) is 10.1. The Kier molecular flexibility index (Phi) is 3.60. The molecule has 0 N–H and O–H groups in total. The van der Waals surface area contributed by atoms with Crippen molar-refractivity contribution in [1.29, 1.82) is 0 Å². The Hall–Kier alpha value is -2.37. The zero-order valence-corrected chi connectivity index (χ0v) is 11.8. The average Bonchev–Trinajstić information content (AvgIpc) is 2.94. The summed E-state index contributed by atoms with van der Waals surface area (Å²) in [6.45, 7) is 4.24. The SMILES string of the molecule is Cc1cc(N2CCN(C(=O)c3ccccc3F)CC2)no1. The standard InChI is InChI=1S/C15H16FN3O2/c1-11-10-14(17-21-11)18-6-8-19(9-7-18)15(20)12-4-2-3-5-13(12)16/h2-5,10H,6-9H2,1H3. The normalized spacial score (nSPS) is 15.3. The van der Waals surface area contributed by atoms with Crippen LogP contribution in [0.25, 0.3) is 0 Å². The zero-order chi connectivity index (χ0) is 14.8. The maximum atomic E-state index is 13.7. The third-order valence-electron chi connectivity index (χ3n) is 3.61. The third-order valence-corrected chi connectivity index (χ3v) is 3.61. The van der Waals surface area contributed by atoms with Crippen molar-refractivity contribution in [2.75, 3.05) is 31.1 Å². The molecule has 0 spiro atoms. The number of carbonyl (C=O) groups is 1. The lowest BCUT2D eigenvalue weighted by molar-refractivity contribution is 0.0741. The van der Waals surface area contributed by atoms with Crippen molar-refractivity contribution in [1.82, 2.24) is 10.1 Å². The van der Waals surface area contributed by atoms with Gasteiger partial charge in [0.1, 0.15) is 11.6 Å². The van der Waals surface area contributed by atoms with E-state index in [0.29, 0.717) is 26.2 Å². The van der Waals surface area contributed by atoms with Crippen LogP contribution in [0.5, 0.6) is 0 Å². The first-order valence-corrected chi connectivity index (χ1v) is 6.87. The second kappa shape index (κ2) is 5.55. The van der Waals surface area contributed by atoms with Crippen LogP contribution in [-0.2, 0) is 0 Å². The van der Waals surface area contributed by atoms with Crippen LogP contribution in [0, 0.1) is 12.7 Å². The van der Waals surface area contributed by atoms with E-state index < -0.39 is 5.82 Å². The number of halogens is 1. The van der Waals surface area contributed by atoms with Crippen LogP contribution in [0.3, 0.4) is 0 Å². The summed E-state index contributed by atoms with van der Waals surface area (Å²) < 4.78 is 18.7. The van der Waals surface area contributed by atoms with Gasteiger partial charge < -0.3 is 14.3 Å². The second-order valence-electron chi connectivity index (χ2n) is 5.05. The van der Waals surface area contributed by atoms with Gasteiger partial charge in [-0.1, -0.05) is 17.3 Å². The summed E-state index contributed by atoms with van der Waals surface area (Å²) in [5.41, 5.74) is 0.128. The molecular weight excluding hydrogens is 273 g/mol. The van der Waals surface area contributed by atoms with Gasteiger partial charge in [0.15, 0.2) is 5.82 Å². The summed E-state index contributed by atoms with van der Waals surface area (Å²) in [6.07, 6.45) is 0. The minimum atomic E-state index is -0.475. The maximum Gasteiger partial charge on any atom is 0.256 e. The van der Waals surface area contributed by atoms with Gasteiger partial charge in [0, 0.05) is 32.2 Å². The Morgan fingerprint density at radius 2 is 1.95 bits per heavy atom. The van der Waals surface area contributed by atoms with Crippen LogP contribution in [-0.4, -0.2) is 42.1 Å². The highest BCUT2D eigenvalue weighted by atomic mass is 19.1. The number of piperazine rings is 1. The summed E-state index contributed by atoms with van der Waals surface area (Å²) in [7, 11) is 0. The van der Waals surface area contributed by atoms with Gasteiger partial charge in [0.2, 0.25) is 0 Å². The molecule has 2 aromatic rings. The molecule has 1 fully saturated rings.